The predicted molar refractivity (Wildman–Crippen MR) is 83.1 cm³/mol. The smallest absolute Gasteiger partial charge is 0.354 e. The Hall–Kier alpha value is -2.63. The van der Waals surface area contributed by atoms with E-state index in [9.17, 15) is 4.79 Å². The molecule has 0 saturated carbocycles. The molecule has 2 aromatic rings. The Morgan fingerprint density at radius 1 is 1.32 bits per heavy atom. The maximum Gasteiger partial charge on any atom is 0.354 e. The second-order valence-corrected chi connectivity index (χ2v) is 4.92. The minimum absolute atomic E-state index is 0.0486. The summed E-state index contributed by atoms with van der Waals surface area (Å²) in [5, 5.41) is 12.3. The highest BCUT2D eigenvalue weighted by molar-refractivity contribution is 5.86. The molecule has 1 aromatic heterocycles. The average Bonchev–Trinajstić information content (AvgIpc) is 2.53. The molecule has 1 atom stereocenters. The summed E-state index contributed by atoms with van der Waals surface area (Å²) in [7, 11) is 0. The Morgan fingerprint density at radius 3 is 2.68 bits per heavy atom. The Labute approximate surface area is 129 Å². The van der Waals surface area contributed by atoms with E-state index in [0.29, 0.717) is 17.4 Å². The first-order valence-electron chi connectivity index (χ1n) is 7.14. The van der Waals surface area contributed by atoms with E-state index in [1.54, 1.807) is 0 Å². The van der Waals surface area contributed by atoms with Crippen LogP contribution in [0.5, 0.6) is 5.75 Å². The second-order valence-electron chi connectivity index (χ2n) is 4.92. The molecule has 1 unspecified atom stereocenters. The molecule has 0 aliphatic rings. The molecule has 0 saturated heterocycles. The monoisotopic (exact) mass is 301 g/mol. The molecular weight excluding hydrogens is 282 g/mol. The zero-order valence-corrected chi connectivity index (χ0v) is 12.6. The Balaban J connectivity index is 2.16. The first-order valence-corrected chi connectivity index (χ1v) is 7.14. The number of hydrogen-bond donors (Lipinski definition) is 2. The van der Waals surface area contributed by atoms with Crippen LogP contribution in [0.15, 0.2) is 36.4 Å². The van der Waals surface area contributed by atoms with Crippen LogP contribution in [-0.4, -0.2) is 27.1 Å². The highest BCUT2D eigenvalue weighted by atomic mass is 16.5. The number of para-hydroxylation sites is 1. The van der Waals surface area contributed by atoms with Gasteiger partial charge in [-0.05, 0) is 25.5 Å². The van der Waals surface area contributed by atoms with Gasteiger partial charge < -0.3 is 15.2 Å². The van der Waals surface area contributed by atoms with Crippen molar-refractivity contribution in [1.29, 1.82) is 0 Å². The lowest BCUT2D eigenvalue weighted by Crippen LogP contribution is -2.17. The van der Waals surface area contributed by atoms with E-state index in [2.05, 4.69) is 15.3 Å². The first kappa shape index (κ1) is 15.8. The Kier molecular flexibility index (Phi) is 5.30. The van der Waals surface area contributed by atoms with Gasteiger partial charge in [0.15, 0.2) is 11.5 Å². The number of hydrogen-bond acceptors (Lipinski definition) is 5. The van der Waals surface area contributed by atoms with Crippen molar-refractivity contribution in [2.24, 2.45) is 0 Å². The van der Waals surface area contributed by atoms with E-state index in [0.717, 1.165) is 6.42 Å². The van der Waals surface area contributed by atoms with Gasteiger partial charge >= 0.3 is 5.97 Å². The number of aromatic carboxylic acids is 1. The number of benzene rings is 1. The van der Waals surface area contributed by atoms with Gasteiger partial charge in [-0.25, -0.2) is 14.8 Å². The molecule has 0 spiro atoms. The van der Waals surface area contributed by atoms with Gasteiger partial charge in [0.2, 0.25) is 0 Å². The van der Waals surface area contributed by atoms with Gasteiger partial charge in [0.1, 0.15) is 18.2 Å². The molecule has 22 heavy (non-hydrogen) atoms. The van der Waals surface area contributed by atoms with Crippen LogP contribution in [0.25, 0.3) is 0 Å². The van der Waals surface area contributed by atoms with Crippen molar-refractivity contribution in [2.45, 2.75) is 32.9 Å². The van der Waals surface area contributed by atoms with E-state index >= 15 is 0 Å². The van der Waals surface area contributed by atoms with Crippen LogP contribution in [-0.2, 0) is 6.61 Å². The number of anilines is 1. The molecule has 0 aliphatic heterocycles. The largest absolute Gasteiger partial charge is 0.486 e. The molecule has 0 radical (unpaired) electrons. The fourth-order valence-electron chi connectivity index (χ4n) is 1.76. The Bertz CT molecular complexity index is 632. The predicted octanol–water partition coefficient (Wildman–Crippen LogP) is 2.96. The molecule has 0 bridgehead atoms. The van der Waals surface area contributed by atoms with Gasteiger partial charge in [0.25, 0.3) is 0 Å². The van der Waals surface area contributed by atoms with Crippen LogP contribution in [0.3, 0.4) is 0 Å². The molecule has 2 N–H and O–H groups in total. The van der Waals surface area contributed by atoms with Gasteiger partial charge in [-0.1, -0.05) is 25.1 Å². The van der Waals surface area contributed by atoms with Crippen molar-refractivity contribution in [3.63, 3.8) is 0 Å². The summed E-state index contributed by atoms with van der Waals surface area (Å²) in [6, 6.07) is 10.9. The third-order valence-corrected chi connectivity index (χ3v) is 3.11. The molecule has 6 nitrogen and oxygen atoms in total. The first-order chi connectivity index (χ1) is 10.6. The summed E-state index contributed by atoms with van der Waals surface area (Å²) in [4.78, 5) is 19.5. The number of aromatic nitrogens is 2. The molecule has 0 fully saturated rings. The molecule has 0 amide bonds. The highest BCUT2D eigenvalue weighted by Gasteiger charge is 2.12. The van der Waals surface area contributed by atoms with Crippen molar-refractivity contribution in [3.05, 3.63) is 47.9 Å². The van der Waals surface area contributed by atoms with Crippen LogP contribution < -0.4 is 10.1 Å². The topological polar surface area (TPSA) is 84.3 Å². The van der Waals surface area contributed by atoms with Crippen molar-refractivity contribution >= 4 is 11.8 Å². The number of ether oxygens (including phenoxy) is 1. The second kappa shape index (κ2) is 7.40. The minimum atomic E-state index is -1.09. The van der Waals surface area contributed by atoms with Crippen molar-refractivity contribution in [1.82, 2.24) is 9.97 Å². The number of nitrogens with zero attached hydrogens (tertiary/aromatic N) is 2. The summed E-state index contributed by atoms with van der Waals surface area (Å²) < 4.78 is 5.57. The van der Waals surface area contributed by atoms with E-state index in [-0.39, 0.29) is 18.3 Å². The van der Waals surface area contributed by atoms with E-state index in [1.165, 1.54) is 6.07 Å². The van der Waals surface area contributed by atoms with Gasteiger partial charge in [0.05, 0.1) is 0 Å². The minimum Gasteiger partial charge on any atom is -0.486 e. The fraction of sp³-hybridized carbons (Fsp3) is 0.312. The zero-order chi connectivity index (χ0) is 15.9. The molecule has 2 rings (SSSR count). The Morgan fingerprint density at radius 2 is 2.05 bits per heavy atom. The maximum atomic E-state index is 11.2. The standard InChI is InChI=1S/C16H19N3O3/c1-3-11(2)17-14-9-13(16(20)21)18-15(19-14)10-22-12-7-5-4-6-8-12/h4-9,11H,3,10H2,1-2H3,(H,20,21)(H,17,18,19). The third kappa shape index (κ3) is 4.44. The average molecular weight is 301 g/mol. The summed E-state index contributed by atoms with van der Waals surface area (Å²) in [5.41, 5.74) is -0.0486. The number of carboxylic acid groups (broad SMARTS) is 1. The summed E-state index contributed by atoms with van der Waals surface area (Å²) in [6.07, 6.45) is 0.905. The van der Waals surface area contributed by atoms with Crippen LogP contribution in [0.1, 0.15) is 36.6 Å². The SMILES string of the molecule is CCC(C)Nc1cc(C(=O)O)nc(COc2ccccc2)n1. The fourth-order valence-corrected chi connectivity index (χ4v) is 1.76. The lowest BCUT2D eigenvalue weighted by Gasteiger charge is -2.13. The summed E-state index contributed by atoms with van der Waals surface area (Å²) in [6.45, 7) is 4.15. The lowest BCUT2D eigenvalue weighted by atomic mass is 10.2. The van der Waals surface area contributed by atoms with Gasteiger partial charge in [0, 0.05) is 12.1 Å². The van der Waals surface area contributed by atoms with Crippen LogP contribution in [0.2, 0.25) is 0 Å². The van der Waals surface area contributed by atoms with Crippen LogP contribution >= 0.6 is 0 Å². The maximum absolute atomic E-state index is 11.2. The summed E-state index contributed by atoms with van der Waals surface area (Å²) >= 11 is 0. The van der Waals surface area contributed by atoms with Crippen molar-refractivity contribution in [2.75, 3.05) is 5.32 Å². The molecule has 1 aromatic carbocycles. The van der Waals surface area contributed by atoms with E-state index < -0.39 is 5.97 Å². The summed E-state index contributed by atoms with van der Waals surface area (Å²) in [5.74, 6) is 0.418. The van der Waals surface area contributed by atoms with Crippen molar-refractivity contribution in [3.8, 4) is 5.75 Å². The number of carbonyl (C=O) groups is 1. The zero-order valence-electron chi connectivity index (χ0n) is 12.6. The highest BCUT2D eigenvalue weighted by Crippen LogP contribution is 2.13. The molecular formula is C16H19N3O3. The quantitative estimate of drug-likeness (QED) is 0.818. The molecule has 6 heteroatoms. The van der Waals surface area contributed by atoms with Crippen LogP contribution in [0.4, 0.5) is 5.82 Å². The molecule has 116 valence electrons. The van der Waals surface area contributed by atoms with Gasteiger partial charge in [-0.3, -0.25) is 0 Å². The van der Waals surface area contributed by atoms with Gasteiger partial charge in [-0.2, -0.15) is 0 Å². The third-order valence-electron chi connectivity index (χ3n) is 3.11. The normalized spacial score (nSPS) is 11.7. The van der Waals surface area contributed by atoms with Crippen LogP contribution in [0, 0.1) is 0 Å². The van der Waals surface area contributed by atoms with Gasteiger partial charge in [-0.15, -0.1) is 0 Å². The van der Waals surface area contributed by atoms with Crippen molar-refractivity contribution < 1.29 is 14.6 Å². The van der Waals surface area contributed by atoms with E-state index in [4.69, 9.17) is 9.84 Å². The number of nitrogens with one attached hydrogen (secondary N) is 1. The molecule has 0 aliphatic carbocycles. The number of carboxylic acids is 1. The lowest BCUT2D eigenvalue weighted by molar-refractivity contribution is 0.0689. The van der Waals surface area contributed by atoms with E-state index in [1.807, 2.05) is 44.2 Å². The number of rotatable bonds is 7. The molecule has 1 heterocycles.